The van der Waals surface area contributed by atoms with Gasteiger partial charge in [-0.05, 0) is 50.8 Å². The molecule has 0 saturated heterocycles. The zero-order valence-electron chi connectivity index (χ0n) is 12.9. The summed E-state index contributed by atoms with van der Waals surface area (Å²) in [6, 6.07) is 8.10. The first-order chi connectivity index (χ1) is 9.63. The van der Waals surface area contributed by atoms with Crippen LogP contribution in [-0.2, 0) is 9.53 Å². The number of nitrogens with zero attached hydrogens (tertiary/aromatic N) is 1. The lowest BCUT2D eigenvalue weighted by atomic mass is 10.2. The molecule has 0 amide bonds. The van der Waals surface area contributed by atoms with Gasteiger partial charge in [-0.1, -0.05) is 13.3 Å². The monoisotopic (exact) mass is 295 g/mol. The summed E-state index contributed by atoms with van der Waals surface area (Å²) >= 11 is 1.72. The van der Waals surface area contributed by atoms with Crippen LogP contribution in [0, 0.1) is 0 Å². The Balaban J connectivity index is 2.88. The van der Waals surface area contributed by atoms with Crippen molar-refractivity contribution in [3.05, 3.63) is 24.3 Å². The highest BCUT2D eigenvalue weighted by Gasteiger charge is 2.22. The lowest BCUT2D eigenvalue weighted by Gasteiger charge is -2.30. The second kappa shape index (κ2) is 8.90. The summed E-state index contributed by atoms with van der Waals surface area (Å²) in [5.41, 5.74) is 1.08. The zero-order valence-corrected chi connectivity index (χ0v) is 13.7. The molecule has 1 atom stereocenters. The van der Waals surface area contributed by atoms with Crippen molar-refractivity contribution in [2.45, 2.75) is 44.6 Å². The number of hydrogen-bond acceptors (Lipinski definition) is 4. The average molecular weight is 295 g/mol. The topological polar surface area (TPSA) is 29.5 Å². The molecule has 0 saturated carbocycles. The van der Waals surface area contributed by atoms with Crippen molar-refractivity contribution < 1.29 is 9.53 Å². The Morgan fingerprint density at radius 1 is 1.30 bits per heavy atom. The number of rotatable bonds is 8. The highest BCUT2D eigenvalue weighted by Crippen LogP contribution is 2.23. The maximum absolute atomic E-state index is 12.0. The summed E-state index contributed by atoms with van der Waals surface area (Å²) in [7, 11) is 0. The minimum absolute atomic E-state index is 0.155. The Morgan fingerprint density at radius 3 is 2.45 bits per heavy atom. The van der Waals surface area contributed by atoms with E-state index in [4.69, 9.17) is 4.74 Å². The van der Waals surface area contributed by atoms with Gasteiger partial charge >= 0.3 is 5.97 Å². The number of carbonyl (C=O) groups is 1. The quantitative estimate of drug-likeness (QED) is 0.536. The molecular formula is C16H25NO2S. The number of ether oxygens (including phenoxy) is 1. The first-order valence-electron chi connectivity index (χ1n) is 7.21. The minimum Gasteiger partial charge on any atom is -0.464 e. The third-order valence-electron chi connectivity index (χ3n) is 3.25. The van der Waals surface area contributed by atoms with Crippen LogP contribution in [0.1, 0.15) is 33.6 Å². The van der Waals surface area contributed by atoms with Crippen molar-refractivity contribution in [1.29, 1.82) is 0 Å². The SMILES string of the molecule is CCCCN(c1ccc(SC)cc1)C(C)C(=O)OCC. The predicted octanol–water partition coefficient (Wildman–Crippen LogP) is 3.97. The fraction of sp³-hybridized carbons (Fsp3) is 0.562. The van der Waals surface area contributed by atoms with Gasteiger partial charge in [-0.3, -0.25) is 0 Å². The molecule has 0 fully saturated rings. The van der Waals surface area contributed by atoms with Gasteiger partial charge in [0.25, 0.3) is 0 Å². The van der Waals surface area contributed by atoms with Gasteiger partial charge in [-0.15, -0.1) is 11.8 Å². The number of esters is 1. The van der Waals surface area contributed by atoms with Crippen LogP contribution in [0.4, 0.5) is 5.69 Å². The Morgan fingerprint density at radius 2 is 1.95 bits per heavy atom. The van der Waals surface area contributed by atoms with Crippen molar-refractivity contribution in [2.75, 3.05) is 24.3 Å². The molecule has 0 heterocycles. The summed E-state index contributed by atoms with van der Waals surface area (Å²) in [6.07, 6.45) is 4.23. The van der Waals surface area contributed by atoms with E-state index in [9.17, 15) is 4.79 Å². The zero-order chi connectivity index (χ0) is 15.0. The third-order valence-corrected chi connectivity index (χ3v) is 4.00. The van der Waals surface area contributed by atoms with Crippen LogP contribution in [0.5, 0.6) is 0 Å². The maximum Gasteiger partial charge on any atom is 0.328 e. The summed E-state index contributed by atoms with van der Waals surface area (Å²) in [6.45, 7) is 7.21. The van der Waals surface area contributed by atoms with Gasteiger partial charge in [-0.2, -0.15) is 0 Å². The molecule has 0 aliphatic rings. The summed E-state index contributed by atoms with van der Waals surface area (Å²) < 4.78 is 5.15. The van der Waals surface area contributed by atoms with Gasteiger partial charge in [0, 0.05) is 17.1 Å². The largest absolute Gasteiger partial charge is 0.464 e. The van der Waals surface area contributed by atoms with Gasteiger partial charge in [0.1, 0.15) is 6.04 Å². The molecule has 0 N–H and O–H groups in total. The predicted molar refractivity (Wildman–Crippen MR) is 86.6 cm³/mol. The van der Waals surface area contributed by atoms with Crippen molar-refractivity contribution in [3.63, 3.8) is 0 Å². The van der Waals surface area contributed by atoms with Crippen LogP contribution < -0.4 is 4.90 Å². The van der Waals surface area contributed by atoms with E-state index in [1.54, 1.807) is 11.8 Å². The smallest absolute Gasteiger partial charge is 0.328 e. The Bertz CT molecular complexity index is 405. The number of hydrogen-bond donors (Lipinski definition) is 0. The molecule has 0 spiro atoms. The van der Waals surface area contributed by atoms with Crippen molar-refractivity contribution >= 4 is 23.4 Å². The molecule has 0 aromatic heterocycles. The number of carbonyl (C=O) groups excluding carboxylic acids is 1. The van der Waals surface area contributed by atoms with E-state index >= 15 is 0 Å². The van der Waals surface area contributed by atoms with Gasteiger partial charge < -0.3 is 9.64 Å². The molecule has 0 aliphatic carbocycles. The number of thioether (sulfide) groups is 1. The molecule has 0 bridgehead atoms. The second-order valence-corrected chi connectivity index (χ2v) is 5.55. The van der Waals surface area contributed by atoms with Crippen LogP contribution in [0.25, 0.3) is 0 Å². The van der Waals surface area contributed by atoms with E-state index in [-0.39, 0.29) is 12.0 Å². The van der Waals surface area contributed by atoms with Crippen LogP contribution in [-0.4, -0.2) is 31.4 Å². The standard InChI is InChI=1S/C16H25NO2S/c1-5-7-12-17(13(3)16(18)19-6-2)14-8-10-15(20-4)11-9-14/h8-11,13H,5-7,12H2,1-4H3. The lowest BCUT2D eigenvalue weighted by molar-refractivity contribution is -0.144. The Hall–Kier alpha value is -1.16. The Kier molecular flexibility index (Phi) is 7.52. The number of unbranched alkanes of at least 4 members (excludes halogenated alkanes) is 1. The summed E-state index contributed by atoms with van der Waals surface area (Å²) in [5.74, 6) is -0.155. The summed E-state index contributed by atoms with van der Waals surface area (Å²) in [5, 5.41) is 0. The van der Waals surface area contributed by atoms with Crippen molar-refractivity contribution in [1.82, 2.24) is 0 Å². The molecule has 112 valence electrons. The maximum atomic E-state index is 12.0. The minimum atomic E-state index is -0.248. The van der Waals surface area contributed by atoms with Crippen LogP contribution in [0.15, 0.2) is 29.2 Å². The van der Waals surface area contributed by atoms with E-state index in [2.05, 4.69) is 42.3 Å². The van der Waals surface area contributed by atoms with Gasteiger partial charge in [0.15, 0.2) is 0 Å². The van der Waals surface area contributed by atoms with E-state index in [0.717, 1.165) is 25.1 Å². The van der Waals surface area contributed by atoms with Crippen molar-refractivity contribution in [3.8, 4) is 0 Å². The molecule has 1 aromatic carbocycles. The molecule has 3 nitrogen and oxygen atoms in total. The van der Waals surface area contributed by atoms with Crippen LogP contribution in [0.2, 0.25) is 0 Å². The van der Waals surface area contributed by atoms with E-state index in [0.29, 0.717) is 6.61 Å². The fourth-order valence-electron chi connectivity index (χ4n) is 2.04. The van der Waals surface area contributed by atoms with Crippen LogP contribution in [0.3, 0.4) is 0 Å². The van der Waals surface area contributed by atoms with Gasteiger partial charge in [-0.25, -0.2) is 4.79 Å². The number of anilines is 1. The van der Waals surface area contributed by atoms with E-state index < -0.39 is 0 Å². The van der Waals surface area contributed by atoms with E-state index in [1.165, 1.54) is 4.90 Å². The fourth-order valence-corrected chi connectivity index (χ4v) is 2.45. The first kappa shape index (κ1) is 16.9. The molecule has 0 aliphatic heterocycles. The Labute approximate surface area is 126 Å². The van der Waals surface area contributed by atoms with Gasteiger partial charge in [0.2, 0.25) is 0 Å². The third kappa shape index (κ3) is 4.75. The molecule has 20 heavy (non-hydrogen) atoms. The highest BCUT2D eigenvalue weighted by molar-refractivity contribution is 7.98. The van der Waals surface area contributed by atoms with Gasteiger partial charge in [0.05, 0.1) is 6.61 Å². The lowest BCUT2D eigenvalue weighted by Crippen LogP contribution is -2.40. The second-order valence-electron chi connectivity index (χ2n) is 4.67. The molecular weight excluding hydrogens is 270 g/mol. The molecule has 1 rings (SSSR count). The number of benzene rings is 1. The molecule has 1 aromatic rings. The highest BCUT2D eigenvalue weighted by atomic mass is 32.2. The first-order valence-corrected chi connectivity index (χ1v) is 8.43. The summed E-state index contributed by atoms with van der Waals surface area (Å²) in [4.78, 5) is 15.3. The average Bonchev–Trinajstić information content (AvgIpc) is 2.48. The molecule has 0 radical (unpaired) electrons. The van der Waals surface area contributed by atoms with Crippen LogP contribution >= 0.6 is 11.8 Å². The van der Waals surface area contributed by atoms with E-state index in [1.807, 2.05) is 13.8 Å². The molecule has 4 heteroatoms. The van der Waals surface area contributed by atoms with Crippen molar-refractivity contribution in [2.24, 2.45) is 0 Å². The molecule has 1 unspecified atom stereocenters. The normalized spacial score (nSPS) is 12.0.